The molecular formula is C35H39NO7. The number of hydrogen-bond donors (Lipinski definition) is 0. The smallest absolute Gasteiger partial charge is 0.335 e. The Balaban J connectivity index is 1.39. The van der Waals surface area contributed by atoms with Gasteiger partial charge in [-0.3, -0.25) is 0 Å². The summed E-state index contributed by atoms with van der Waals surface area (Å²) >= 11 is 0. The number of benzene rings is 3. The molecule has 1 unspecified atom stereocenters. The fourth-order valence-electron chi connectivity index (χ4n) is 6.05. The number of para-hydroxylation sites is 1. The Morgan fingerprint density at radius 3 is 1.88 bits per heavy atom. The van der Waals surface area contributed by atoms with Gasteiger partial charge in [0, 0.05) is 37.6 Å². The molecule has 0 N–H and O–H groups in total. The van der Waals surface area contributed by atoms with Crippen molar-refractivity contribution in [3.63, 3.8) is 0 Å². The molecule has 0 amide bonds. The van der Waals surface area contributed by atoms with Crippen molar-refractivity contribution in [2.24, 2.45) is 5.92 Å². The normalized spacial score (nSPS) is 18.2. The van der Waals surface area contributed by atoms with Crippen LogP contribution < -0.4 is 14.2 Å². The minimum absolute atomic E-state index is 0.0233. The van der Waals surface area contributed by atoms with E-state index < -0.39 is 17.8 Å². The van der Waals surface area contributed by atoms with Crippen LogP contribution in [0, 0.1) is 19.8 Å². The number of likely N-dealkylation sites (tertiary alicyclic amines) is 1. The molecule has 0 aliphatic carbocycles. The van der Waals surface area contributed by atoms with Gasteiger partial charge in [-0.15, -0.1) is 0 Å². The predicted molar refractivity (Wildman–Crippen MR) is 162 cm³/mol. The summed E-state index contributed by atoms with van der Waals surface area (Å²) in [4.78, 5) is 27.5. The van der Waals surface area contributed by atoms with Crippen LogP contribution in [0.5, 0.6) is 17.2 Å². The van der Waals surface area contributed by atoms with Crippen molar-refractivity contribution in [2.45, 2.75) is 44.9 Å². The van der Waals surface area contributed by atoms with Crippen LogP contribution in [0.25, 0.3) is 0 Å². The number of aryl methyl sites for hydroxylation is 2. The fourth-order valence-corrected chi connectivity index (χ4v) is 6.05. The zero-order valence-electron chi connectivity index (χ0n) is 25.2. The molecule has 2 aliphatic heterocycles. The first kappa shape index (κ1) is 30.2. The van der Waals surface area contributed by atoms with Gasteiger partial charge >= 0.3 is 17.8 Å². The number of carbonyl (C=O) groups excluding carboxylic acids is 2. The molecule has 0 aromatic heterocycles. The molecule has 2 aliphatic rings. The van der Waals surface area contributed by atoms with E-state index >= 15 is 0 Å². The van der Waals surface area contributed by atoms with E-state index in [2.05, 4.69) is 62.4 Å². The van der Waals surface area contributed by atoms with Crippen molar-refractivity contribution in [3.05, 3.63) is 101 Å². The number of piperidine rings is 1. The highest BCUT2D eigenvalue weighted by Crippen LogP contribution is 2.45. The van der Waals surface area contributed by atoms with Gasteiger partial charge in [0.1, 0.15) is 0 Å². The molecule has 8 heteroatoms. The highest BCUT2D eigenvalue weighted by atomic mass is 16.8. The molecule has 2 heterocycles. The molecule has 43 heavy (non-hydrogen) atoms. The number of methoxy groups -OCH3 is 2. The van der Waals surface area contributed by atoms with E-state index in [1.54, 1.807) is 14.2 Å². The molecule has 1 atom stereocenters. The quantitative estimate of drug-likeness (QED) is 0.214. The van der Waals surface area contributed by atoms with Crippen molar-refractivity contribution in [3.8, 4) is 17.2 Å². The SMILES string of the molecule is COc1cccc(OC)c1OCCCN1CCC(C(c2ccc(C)cc2)c2ccc(C)cc2)CC12OC(=O)C=CC(=O)O2. The first-order valence-electron chi connectivity index (χ1n) is 14.7. The number of ether oxygens (including phenoxy) is 5. The lowest BCUT2D eigenvalue weighted by Crippen LogP contribution is -2.59. The van der Waals surface area contributed by atoms with Crippen LogP contribution in [-0.2, 0) is 19.1 Å². The summed E-state index contributed by atoms with van der Waals surface area (Å²) in [7, 11) is 3.16. The molecule has 0 saturated carbocycles. The lowest BCUT2D eigenvalue weighted by atomic mass is 9.74. The molecule has 1 fully saturated rings. The maximum atomic E-state index is 12.8. The topological polar surface area (TPSA) is 83.5 Å². The summed E-state index contributed by atoms with van der Waals surface area (Å²) in [6.07, 6.45) is 3.99. The summed E-state index contributed by atoms with van der Waals surface area (Å²) in [5, 5.41) is 0. The Morgan fingerprint density at radius 2 is 1.37 bits per heavy atom. The standard InChI is InChI=1S/C35H39NO7/c1-24-9-13-26(14-10-24)33(27-15-11-25(2)12-16-27)28-19-21-36(35(23-28)42-31(37)17-18-32(38)43-35)20-6-22-41-34-29(39-3)7-5-8-30(34)40-4/h5,7-18,28,33H,6,19-23H2,1-4H3. The molecule has 0 radical (unpaired) electrons. The van der Waals surface area contributed by atoms with Gasteiger partial charge in [-0.25, -0.2) is 14.5 Å². The van der Waals surface area contributed by atoms with Gasteiger partial charge in [-0.05, 0) is 55.9 Å². The van der Waals surface area contributed by atoms with Crippen LogP contribution in [0.3, 0.4) is 0 Å². The van der Waals surface area contributed by atoms with Crippen LogP contribution in [0.4, 0.5) is 0 Å². The van der Waals surface area contributed by atoms with Gasteiger partial charge in [0.2, 0.25) is 5.75 Å². The minimum Gasteiger partial charge on any atom is -0.493 e. The Hall–Kier alpha value is -4.30. The number of rotatable bonds is 10. The van der Waals surface area contributed by atoms with E-state index in [1.807, 2.05) is 23.1 Å². The van der Waals surface area contributed by atoms with Crippen molar-refractivity contribution < 1.29 is 33.3 Å². The summed E-state index contributed by atoms with van der Waals surface area (Å²) in [5.74, 6) is -1.00. The molecule has 1 saturated heterocycles. The maximum Gasteiger partial charge on any atom is 0.335 e. The Morgan fingerprint density at radius 1 is 0.837 bits per heavy atom. The molecule has 3 aromatic carbocycles. The number of carbonyl (C=O) groups is 2. The van der Waals surface area contributed by atoms with Gasteiger partial charge in [0.15, 0.2) is 11.5 Å². The van der Waals surface area contributed by atoms with Crippen molar-refractivity contribution >= 4 is 11.9 Å². The monoisotopic (exact) mass is 585 g/mol. The van der Waals surface area contributed by atoms with E-state index in [0.717, 1.165) is 18.6 Å². The second kappa shape index (κ2) is 13.3. The zero-order chi connectivity index (χ0) is 30.4. The van der Waals surface area contributed by atoms with Gasteiger partial charge < -0.3 is 23.7 Å². The van der Waals surface area contributed by atoms with E-state index in [0.29, 0.717) is 49.8 Å². The van der Waals surface area contributed by atoms with Gasteiger partial charge in [-0.2, -0.15) is 0 Å². The maximum absolute atomic E-state index is 12.8. The molecule has 0 bridgehead atoms. The molecule has 5 rings (SSSR count). The lowest BCUT2D eigenvalue weighted by molar-refractivity contribution is -0.300. The first-order chi connectivity index (χ1) is 20.8. The zero-order valence-corrected chi connectivity index (χ0v) is 25.2. The summed E-state index contributed by atoms with van der Waals surface area (Å²) in [6, 6.07) is 22.6. The van der Waals surface area contributed by atoms with Gasteiger partial charge in [-0.1, -0.05) is 65.7 Å². The van der Waals surface area contributed by atoms with E-state index in [-0.39, 0.29) is 11.8 Å². The second-order valence-corrected chi connectivity index (χ2v) is 11.1. The second-order valence-electron chi connectivity index (χ2n) is 11.1. The predicted octanol–water partition coefficient (Wildman–Crippen LogP) is 5.94. The minimum atomic E-state index is -1.53. The molecule has 1 spiro atoms. The van der Waals surface area contributed by atoms with Gasteiger partial charge in [0.05, 0.1) is 20.8 Å². The third-order valence-corrected chi connectivity index (χ3v) is 8.19. The van der Waals surface area contributed by atoms with E-state index in [1.165, 1.54) is 22.3 Å². The summed E-state index contributed by atoms with van der Waals surface area (Å²) < 4.78 is 28.9. The number of nitrogens with zero attached hydrogens (tertiary/aromatic N) is 1. The van der Waals surface area contributed by atoms with Crippen molar-refractivity contribution in [1.29, 1.82) is 0 Å². The average Bonchev–Trinajstić information content (AvgIpc) is 3.15. The van der Waals surface area contributed by atoms with E-state index in [9.17, 15) is 9.59 Å². The molecule has 226 valence electrons. The molecule has 8 nitrogen and oxygen atoms in total. The average molecular weight is 586 g/mol. The largest absolute Gasteiger partial charge is 0.493 e. The van der Waals surface area contributed by atoms with E-state index in [4.69, 9.17) is 23.7 Å². The Labute approximate surface area is 253 Å². The molecule has 3 aromatic rings. The van der Waals surface area contributed by atoms with Crippen LogP contribution in [0.15, 0.2) is 78.9 Å². The van der Waals surface area contributed by atoms with Crippen LogP contribution in [0.2, 0.25) is 0 Å². The first-order valence-corrected chi connectivity index (χ1v) is 14.7. The number of esters is 2. The highest BCUT2D eigenvalue weighted by Gasteiger charge is 2.51. The highest BCUT2D eigenvalue weighted by molar-refractivity contribution is 5.93. The fraction of sp³-hybridized carbons (Fsp3) is 0.371. The summed E-state index contributed by atoms with van der Waals surface area (Å²) in [6.45, 7) is 5.54. The van der Waals surface area contributed by atoms with Gasteiger partial charge in [0.25, 0.3) is 0 Å². The summed E-state index contributed by atoms with van der Waals surface area (Å²) in [5.41, 5.74) is 4.71. The number of hydrogen-bond acceptors (Lipinski definition) is 8. The van der Waals surface area contributed by atoms with Crippen LogP contribution >= 0.6 is 0 Å². The van der Waals surface area contributed by atoms with Crippen molar-refractivity contribution in [1.82, 2.24) is 4.90 Å². The Kier molecular flexibility index (Phi) is 9.36. The third-order valence-electron chi connectivity index (χ3n) is 8.19. The lowest BCUT2D eigenvalue weighted by Gasteiger charge is -2.48. The van der Waals surface area contributed by atoms with Crippen LogP contribution in [-0.4, -0.2) is 56.7 Å². The molecular weight excluding hydrogens is 546 g/mol. The third kappa shape index (κ3) is 6.86. The van der Waals surface area contributed by atoms with Crippen LogP contribution in [0.1, 0.15) is 47.4 Å². The Bertz CT molecular complexity index is 1360. The van der Waals surface area contributed by atoms with Crippen molar-refractivity contribution in [2.75, 3.05) is 33.9 Å².